The highest BCUT2D eigenvalue weighted by molar-refractivity contribution is 5.91. The average Bonchev–Trinajstić information content (AvgIpc) is 2.35. The van der Waals surface area contributed by atoms with Crippen molar-refractivity contribution < 1.29 is 4.79 Å². The Morgan fingerprint density at radius 2 is 2.28 bits per heavy atom. The van der Waals surface area contributed by atoms with Crippen molar-refractivity contribution in [2.45, 2.75) is 25.8 Å². The second-order valence-corrected chi connectivity index (χ2v) is 4.83. The largest absolute Gasteiger partial charge is 0.328 e. The smallest absolute Gasteiger partial charge is 0.239 e. The summed E-state index contributed by atoms with van der Waals surface area (Å²) < 4.78 is 0. The maximum Gasteiger partial charge on any atom is 0.239 e. The molecular formula is C13H20N4O. The predicted octanol–water partition coefficient (Wildman–Crippen LogP) is 0.752. The van der Waals surface area contributed by atoms with E-state index in [2.05, 4.69) is 15.2 Å². The number of carbonyl (C=O) groups excluding carboxylic acids is 1. The Morgan fingerprint density at radius 3 is 2.94 bits per heavy atom. The van der Waals surface area contributed by atoms with Crippen LogP contribution in [0.3, 0.4) is 0 Å². The molecule has 2 rings (SSSR count). The zero-order chi connectivity index (χ0) is 13.0. The molecule has 2 heterocycles. The minimum Gasteiger partial charge on any atom is -0.328 e. The Kier molecular flexibility index (Phi) is 4.28. The first-order chi connectivity index (χ1) is 8.65. The number of rotatable bonds is 3. The summed E-state index contributed by atoms with van der Waals surface area (Å²) in [7, 11) is 0. The van der Waals surface area contributed by atoms with Crippen molar-refractivity contribution in [2.24, 2.45) is 5.73 Å². The molecule has 5 nitrogen and oxygen atoms in total. The number of anilines is 1. The molecule has 0 aliphatic carbocycles. The Bertz CT molecular complexity index is 413. The molecule has 1 fully saturated rings. The Labute approximate surface area is 107 Å². The van der Waals surface area contributed by atoms with Crippen molar-refractivity contribution in [3.63, 3.8) is 0 Å². The summed E-state index contributed by atoms with van der Waals surface area (Å²) in [6, 6.07) is 4.09. The molecule has 3 N–H and O–H groups in total. The molecule has 1 aromatic heterocycles. The fourth-order valence-electron chi connectivity index (χ4n) is 2.10. The number of amides is 1. The molecule has 0 radical (unpaired) electrons. The van der Waals surface area contributed by atoms with Crippen LogP contribution in [0.15, 0.2) is 18.3 Å². The first kappa shape index (κ1) is 13.0. The van der Waals surface area contributed by atoms with Gasteiger partial charge in [-0.2, -0.15) is 0 Å². The van der Waals surface area contributed by atoms with Crippen LogP contribution < -0.4 is 11.1 Å². The topological polar surface area (TPSA) is 71.2 Å². The quantitative estimate of drug-likeness (QED) is 0.828. The second-order valence-electron chi connectivity index (χ2n) is 4.83. The van der Waals surface area contributed by atoms with Gasteiger partial charge < -0.3 is 11.1 Å². The number of nitrogens with one attached hydrogen (secondary N) is 1. The molecule has 0 aromatic carbocycles. The van der Waals surface area contributed by atoms with Gasteiger partial charge in [-0.1, -0.05) is 6.07 Å². The third-order valence-corrected chi connectivity index (χ3v) is 3.27. The molecule has 0 unspecified atom stereocenters. The SMILES string of the molecule is Cc1cccnc1NC(=O)CN1CCC(N)CC1. The number of carbonyl (C=O) groups is 1. The molecular weight excluding hydrogens is 228 g/mol. The van der Waals surface area contributed by atoms with Crippen molar-refractivity contribution in [3.8, 4) is 0 Å². The van der Waals surface area contributed by atoms with Crippen LogP contribution in [-0.2, 0) is 4.79 Å². The lowest BCUT2D eigenvalue weighted by Crippen LogP contribution is -2.43. The summed E-state index contributed by atoms with van der Waals surface area (Å²) in [4.78, 5) is 18.2. The van der Waals surface area contributed by atoms with Gasteiger partial charge in [-0.3, -0.25) is 9.69 Å². The lowest BCUT2D eigenvalue weighted by atomic mass is 10.1. The molecule has 98 valence electrons. The Balaban J connectivity index is 1.84. The monoisotopic (exact) mass is 248 g/mol. The highest BCUT2D eigenvalue weighted by atomic mass is 16.2. The number of nitrogens with two attached hydrogens (primary N) is 1. The molecule has 0 spiro atoms. The van der Waals surface area contributed by atoms with Crippen LogP contribution in [-0.4, -0.2) is 41.5 Å². The van der Waals surface area contributed by atoms with Crippen LogP contribution in [0, 0.1) is 6.92 Å². The van der Waals surface area contributed by atoms with Crippen molar-refractivity contribution in [1.82, 2.24) is 9.88 Å². The molecule has 1 saturated heterocycles. The van der Waals surface area contributed by atoms with E-state index in [9.17, 15) is 4.79 Å². The van der Waals surface area contributed by atoms with E-state index >= 15 is 0 Å². The van der Waals surface area contributed by atoms with Gasteiger partial charge in [0, 0.05) is 25.3 Å². The second kappa shape index (κ2) is 5.93. The third-order valence-electron chi connectivity index (χ3n) is 3.27. The van der Waals surface area contributed by atoms with Crippen LogP contribution in [0.25, 0.3) is 0 Å². The molecule has 5 heteroatoms. The van der Waals surface area contributed by atoms with Crippen LogP contribution in [0.1, 0.15) is 18.4 Å². The van der Waals surface area contributed by atoms with E-state index in [1.54, 1.807) is 6.20 Å². The van der Waals surface area contributed by atoms with Gasteiger partial charge in [0.2, 0.25) is 5.91 Å². The van der Waals surface area contributed by atoms with E-state index in [0.29, 0.717) is 18.4 Å². The number of aromatic nitrogens is 1. The van der Waals surface area contributed by atoms with Crippen molar-refractivity contribution in [3.05, 3.63) is 23.9 Å². The average molecular weight is 248 g/mol. The lowest BCUT2D eigenvalue weighted by molar-refractivity contribution is -0.117. The summed E-state index contributed by atoms with van der Waals surface area (Å²) >= 11 is 0. The van der Waals surface area contributed by atoms with Gasteiger partial charge >= 0.3 is 0 Å². The van der Waals surface area contributed by atoms with E-state index < -0.39 is 0 Å². The molecule has 18 heavy (non-hydrogen) atoms. The number of hydrogen-bond donors (Lipinski definition) is 2. The van der Waals surface area contributed by atoms with Gasteiger partial charge in [-0.05, 0) is 31.4 Å². The first-order valence-electron chi connectivity index (χ1n) is 6.34. The van der Waals surface area contributed by atoms with E-state index in [0.717, 1.165) is 31.5 Å². The molecule has 1 aromatic rings. The minimum atomic E-state index is -0.00716. The van der Waals surface area contributed by atoms with Gasteiger partial charge in [0.25, 0.3) is 0 Å². The first-order valence-corrected chi connectivity index (χ1v) is 6.34. The lowest BCUT2D eigenvalue weighted by Gasteiger charge is -2.29. The van der Waals surface area contributed by atoms with Crippen LogP contribution in [0.2, 0.25) is 0 Å². The summed E-state index contributed by atoms with van der Waals surface area (Å²) in [6.07, 6.45) is 3.62. The maximum absolute atomic E-state index is 11.9. The highest BCUT2D eigenvalue weighted by Crippen LogP contribution is 2.10. The number of pyridine rings is 1. The van der Waals surface area contributed by atoms with Crippen LogP contribution in [0.4, 0.5) is 5.82 Å². The number of piperidine rings is 1. The van der Waals surface area contributed by atoms with Gasteiger partial charge in [-0.15, -0.1) is 0 Å². The number of aryl methyl sites for hydroxylation is 1. The summed E-state index contributed by atoms with van der Waals surface area (Å²) in [6.45, 7) is 4.15. The fourth-order valence-corrected chi connectivity index (χ4v) is 2.10. The van der Waals surface area contributed by atoms with Gasteiger partial charge in [0.05, 0.1) is 6.54 Å². The molecule has 0 bridgehead atoms. The highest BCUT2D eigenvalue weighted by Gasteiger charge is 2.18. The Hall–Kier alpha value is -1.46. The van der Waals surface area contributed by atoms with Crippen LogP contribution >= 0.6 is 0 Å². The maximum atomic E-state index is 11.9. The van der Waals surface area contributed by atoms with E-state index in [4.69, 9.17) is 5.73 Å². The molecule has 1 aliphatic rings. The van der Waals surface area contributed by atoms with Crippen LogP contribution in [0.5, 0.6) is 0 Å². The number of nitrogens with zero attached hydrogens (tertiary/aromatic N) is 2. The molecule has 0 atom stereocenters. The van der Waals surface area contributed by atoms with Gasteiger partial charge in [0.1, 0.15) is 5.82 Å². The normalized spacial score (nSPS) is 17.7. The molecule has 1 amide bonds. The van der Waals surface area contributed by atoms with E-state index in [1.165, 1.54) is 0 Å². The summed E-state index contributed by atoms with van der Waals surface area (Å²) in [5, 5.41) is 2.85. The summed E-state index contributed by atoms with van der Waals surface area (Å²) in [5.41, 5.74) is 6.81. The Morgan fingerprint density at radius 1 is 1.56 bits per heavy atom. The predicted molar refractivity (Wildman–Crippen MR) is 71.3 cm³/mol. The zero-order valence-corrected chi connectivity index (χ0v) is 10.7. The minimum absolute atomic E-state index is 0.00716. The van der Waals surface area contributed by atoms with Gasteiger partial charge in [0.15, 0.2) is 0 Å². The summed E-state index contributed by atoms with van der Waals surface area (Å²) in [5.74, 6) is 0.642. The van der Waals surface area contributed by atoms with Gasteiger partial charge in [-0.25, -0.2) is 4.98 Å². The molecule has 1 aliphatic heterocycles. The fraction of sp³-hybridized carbons (Fsp3) is 0.538. The third kappa shape index (κ3) is 3.51. The zero-order valence-electron chi connectivity index (χ0n) is 10.7. The van der Waals surface area contributed by atoms with E-state index in [1.807, 2.05) is 19.1 Å². The number of likely N-dealkylation sites (tertiary alicyclic amines) is 1. The number of hydrogen-bond acceptors (Lipinski definition) is 4. The van der Waals surface area contributed by atoms with E-state index in [-0.39, 0.29) is 5.91 Å². The standard InChI is InChI=1S/C13H20N4O/c1-10-3-2-6-15-13(10)16-12(18)9-17-7-4-11(14)5-8-17/h2-3,6,11H,4-5,7-9,14H2,1H3,(H,15,16,18). The van der Waals surface area contributed by atoms with Crippen molar-refractivity contribution in [2.75, 3.05) is 25.0 Å². The van der Waals surface area contributed by atoms with Crippen molar-refractivity contribution in [1.29, 1.82) is 0 Å². The molecule has 0 saturated carbocycles. The van der Waals surface area contributed by atoms with Crippen molar-refractivity contribution >= 4 is 11.7 Å².